The fourth-order valence-corrected chi connectivity index (χ4v) is 4.44. The lowest BCUT2D eigenvalue weighted by Gasteiger charge is -2.17. The van der Waals surface area contributed by atoms with E-state index in [4.69, 9.17) is 0 Å². The molecule has 1 atom stereocenters. The van der Waals surface area contributed by atoms with Crippen molar-refractivity contribution >= 4 is 41.0 Å². The highest BCUT2D eigenvalue weighted by molar-refractivity contribution is 8.00. The van der Waals surface area contributed by atoms with Gasteiger partial charge in [0.1, 0.15) is 5.25 Å². The van der Waals surface area contributed by atoms with Gasteiger partial charge in [-0.1, -0.05) is 78.4 Å². The van der Waals surface area contributed by atoms with Gasteiger partial charge >= 0.3 is 0 Å². The van der Waals surface area contributed by atoms with Crippen LogP contribution in [0, 0.1) is 6.92 Å². The van der Waals surface area contributed by atoms with Crippen LogP contribution in [-0.2, 0) is 9.59 Å². The highest BCUT2D eigenvalue weighted by Crippen LogP contribution is 2.36. The van der Waals surface area contributed by atoms with Gasteiger partial charge in [-0.15, -0.1) is 11.8 Å². The SMILES string of the molecule is Cc1ccc(NC(=O)C(Sc2ccc(NC(=O)/C=C/c3ccccc3)cc2)c2ccccc2)cc1. The number of anilines is 2. The average Bonchev–Trinajstić information content (AvgIpc) is 2.89. The Bertz CT molecular complexity index is 1290. The topological polar surface area (TPSA) is 58.2 Å². The summed E-state index contributed by atoms with van der Waals surface area (Å²) in [4.78, 5) is 26.4. The molecule has 1 unspecified atom stereocenters. The number of amides is 2. The molecule has 174 valence electrons. The fraction of sp³-hybridized carbons (Fsp3) is 0.0667. The van der Waals surface area contributed by atoms with Crippen molar-refractivity contribution in [3.05, 3.63) is 132 Å². The van der Waals surface area contributed by atoms with Gasteiger partial charge in [0, 0.05) is 22.3 Å². The molecule has 0 spiro atoms. The van der Waals surface area contributed by atoms with Crippen molar-refractivity contribution in [3.63, 3.8) is 0 Å². The maximum atomic E-state index is 13.2. The van der Waals surface area contributed by atoms with E-state index in [1.54, 1.807) is 6.08 Å². The van der Waals surface area contributed by atoms with E-state index in [0.29, 0.717) is 5.69 Å². The van der Waals surface area contributed by atoms with E-state index in [0.717, 1.165) is 27.3 Å². The van der Waals surface area contributed by atoms with Crippen LogP contribution in [0.25, 0.3) is 6.08 Å². The van der Waals surface area contributed by atoms with Gasteiger partial charge in [-0.05, 0) is 60.5 Å². The number of hydrogen-bond donors (Lipinski definition) is 2. The summed E-state index contributed by atoms with van der Waals surface area (Å²) < 4.78 is 0. The predicted molar refractivity (Wildman–Crippen MR) is 145 cm³/mol. The van der Waals surface area contributed by atoms with Crippen LogP contribution < -0.4 is 10.6 Å². The van der Waals surface area contributed by atoms with E-state index in [2.05, 4.69) is 10.6 Å². The fourth-order valence-electron chi connectivity index (χ4n) is 3.42. The van der Waals surface area contributed by atoms with Crippen molar-refractivity contribution in [2.24, 2.45) is 0 Å². The van der Waals surface area contributed by atoms with Crippen molar-refractivity contribution in [3.8, 4) is 0 Å². The molecular weight excluding hydrogens is 452 g/mol. The second-order valence-corrected chi connectivity index (χ2v) is 9.20. The van der Waals surface area contributed by atoms with E-state index < -0.39 is 5.25 Å². The molecule has 0 aliphatic carbocycles. The summed E-state index contributed by atoms with van der Waals surface area (Å²) in [5.41, 5.74) is 4.48. The predicted octanol–water partition coefficient (Wildman–Crippen LogP) is 7.12. The summed E-state index contributed by atoms with van der Waals surface area (Å²) in [7, 11) is 0. The number of hydrogen-bond acceptors (Lipinski definition) is 3. The van der Waals surface area contributed by atoms with Gasteiger partial charge in [-0.2, -0.15) is 0 Å². The Kier molecular flexibility index (Phi) is 8.15. The lowest BCUT2D eigenvalue weighted by atomic mass is 10.1. The second-order valence-electron chi connectivity index (χ2n) is 8.02. The van der Waals surface area contributed by atoms with Gasteiger partial charge in [0.2, 0.25) is 11.8 Å². The first-order valence-corrected chi connectivity index (χ1v) is 12.2. The zero-order valence-corrected chi connectivity index (χ0v) is 20.2. The Balaban J connectivity index is 1.43. The average molecular weight is 479 g/mol. The first-order valence-electron chi connectivity index (χ1n) is 11.3. The molecular formula is C30H26N2O2S. The summed E-state index contributed by atoms with van der Waals surface area (Å²) in [5, 5.41) is 5.47. The smallest absolute Gasteiger partial charge is 0.248 e. The van der Waals surface area contributed by atoms with Crippen molar-refractivity contribution in [1.29, 1.82) is 0 Å². The van der Waals surface area contributed by atoms with Gasteiger partial charge in [0.05, 0.1) is 0 Å². The summed E-state index contributed by atoms with van der Waals surface area (Å²) in [5.74, 6) is -0.289. The van der Waals surface area contributed by atoms with E-state index in [1.165, 1.54) is 17.8 Å². The molecule has 2 amide bonds. The Hall–Kier alpha value is -4.09. The molecule has 2 N–H and O–H groups in total. The van der Waals surface area contributed by atoms with Crippen molar-refractivity contribution < 1.29 is 9.59 Å². The Labute approximate surface area is 210 Å². The first kappa shape index (κ1) is 24.0. The zero-order valence-electron chi connectivity index (χ0n) is 19.3. The summed E-state index contributed by atoms with van der Waals surface area (Å²) >= 11 is 1.47. The molecule has 4 aromatic carbocycles. The Morgan fingerprint density at radius 2 is 1.29 bits per heavy atom. The maximum absolute atomic E-state index is 13.2. The third-order valence-corrected chi connectivity index (χ3v) is 6.53. The highest BCUT2D eigenvalue weighted by atomic mass is 32.2. The molecule has 4 rings (SSSR count). The molecule has 0 aliphatic heterocycles. The molecule has 4 nitrogen and oxygen atoms in total. The van der Waals surface area contributed by atoms with Crippen LogP contribution in [0.15, 0.2) is 120 Å². The standard InChI is InChI=1S/C30H26N2O2S/c1-22-12-15-26(16-13-22)32-30(34)29(24-10-6-3-7-11-24)35-27-19-17-25(18-20-27)31-28(33)21-14-23-8-4-2-5-9-23/h2-21,29H,1H3,(H,31,33)(H,32,34)/b21-14+. The maximum Gasteiger partial charge on any atom is 0.248 e. The molecule has 0 saturated carbocycles. The normalized spacial score (nSPS) is 11.7. The second kappa shape index (κ2) is 11.9. The minimum absolute atomic E-state index is 0.0894. The molecule has 0 radical (unpaired) electrons. The molecule has 0 fully saturated rings. The van der Waals surface area contributed by atoms with E-state index in [-0.39, 0.29) is 11.8 Å². The lowest BCUT2D eigenvalue weighted by molar-refractivity contribution is -0.116. The molecule has 0 heterocycles. The van der Waals surface area contributed by atoms with E-state index >= 15 is 0 Å². The minimum Gasteiger partial charge on any atom is -0.325 e. The number of carbonyl (C=O) groups excluding carboxylic acids is 2. The first-order chi connectivity index (χ1) is 17.1. The third-order valence-electron chi connectivity index (χ3n) is 5.26. The largest absolute Gasteiger partial charge is 0.325 e. The lowest BCUT2D eigenvalue weighted by Crippen LogP contribution is -2.19. The number of rotatable bonds is 8. The summed E-state index contributed by atoms with van der Waals surface area (Å²) in [6, 6.07) is 34.7. The van der Waals surface area contributed by atoms with Gasteiger partial charge in [-0.3, -0.25) is 9.59 Å². The Morgan fingerprint density at radius 3 is 1.94 bits per heavy atom. The molecule has 0 bridgehead atoms. The zero-order chi connectivity index (χ0) is 24.5. The van der Waals surface area contributed by atoms with E-state index in [9.17, 15) is 9.59 Å². The van der Waals surface area contributed by atoms with Crippen LogP contribution >= 0.6 is 11.8 Å². The van der Waals surface area contributed by atoms with Gasteiger partial charge < -0.3 is 10.6 Å². The van der Waals surface area contributed by atoms with Crippen molar-refractivity contribution in [1.82, 2.24) is 0 Å². The summed E-state index contributed by atoms with van der Waals surface area (Å²) in [6.45, 7) is 2.01. The third kappa shape index (κ3) is 7.19. The van der Waals surface area contributed by atoms with Gasteiger partial charge in [0.15, 0.2) is 0 Å². The summed E-state index contributed by atoms with van der Waals surface area (Å²) in [6.07, 6.45) is 3.29. The quantitative estimate of drug-likeness (QED) is 0.209. The Morgan fingerprint density at radius 1 is 0.714 bits per heavy atom. The van der Waals surface area contributed by atoms with Gasteiger partial charge in [-0.25, -0.2) is 0 Å². The van der Waals surface area contributed by atoms with Crippen LogP contribution in [0.2, 0.25) is 0 Å². The molecule has 0 aromatic heterocycles. The monoisotopic (exact) mass is 478 g/mol. The number of benzene rings is 4. The molecule has 5 heteroatoms. The van der Waals surface area contributed by atoms with Crippen molar-refractivity contribution in [2.75, 3.05) is 10.6 Å². The molecule has 35 heavy (non-hydrogen) atoms. The van der Waals surface area contributed by atoms with Crippen LogP contribution in [0.1, 0.15) is 21.9 Å². The van der Waals surface area contributed by atoms with Crippen LogP contribution in [0.4, 0.5) is 11.4 Å². The van der Waals surface area contributed by atoms with Gasteiger partial charge in [0.25, 0.3) is 0 Å². The molecule has 4 aromatic rings. The highest BCUT2D eigenvalue weighted by Gasteiger charge is 2.22. The number of nitrogens with one attached hydrogen (secondary N) is 2. The molecule has 0 aliphatic rings. The van der Waals surface area contributed by atoms with Crippen LogP contribution in [0.3, 0.4) is 0 Å². The minimum atomic E-state index is -0.424. The van der Waals surface area contributed by atoms with Crippen molar-refractivity contribution in [2.45, 2.75) is 17.1 Å². The van der Waals surface area contributed by atoms with Crippen LogP contribution in [0.5, 0.6) is 0 Å². The van der Waals surface area contributed by atoms with E-state index in [1.807, 2.05) is 116 Å². The number of aryl methyl sites for hydroxylation is 1. The molecule has 0 saturated heterocycles. The number of carbonyl (C=O) groups is 2. The van der Waals surface area contributed by atoms with Crippen LogP contribution in [-0.4, -0.2) is 11.8 Å². The number of thioether (sulfide) groups is 1.